The number of sulfonamides is 1. The molecule has 1 heterocycles. The first kappa shape index (κ1) is 17.9. The number of carbonyl (C=O) groups is 1. The lowest BCUT2D eigenvalue weighted by Gasteiger charge is -2.17. The van der Waals surface area contributed by atoms with Gasteiger partial charge >= 0.3 is 0 Å². The average Bonchev–Trinajstić information content (AvgIpc) is 2.99. The Morgan fingerprint density at radius 3 is 2.13 bits per heavy atom. The molecule has 1 fully saturated rings. The van der Waals surface area contributed by atoms with Crippen LogP contribution in [-0.4, -0.2) is 38.9 Å². The molecular weight excluding hydrogens is 312 g/mol. The molecule has 1 aliphatic heterocycles. The summed E-state index contributed by atoms with van der Waals surface area (Å²) in [5, 5.41) is 0. The number of hydrogen-bond acceptors (Lipinski definition) is 3. The second-order valence-electron chi connectivity index (χ2n) is 6.33. The second kappa shape index (κ2) is 7.01. The first-order chi connectivity index (χ1) is 10.7. The van der Waals surface area contributed by atoms with Crippen molar-refractivity contribution >= 4 is 15.9 Å². The predicted molar refractivity (Wildman–Crippen MR) is 91.0 cm³/mol. The molecule has 0 saturated carbocycles. The number of benzene rings is 1. The quantitative estimate of drug-likeness (QED) is 0.895. The smallest absolute Gasteiger partial charge is 0.241 e. The van der Waals surface area contributed by atoms with Crippen molar-refractivity contribution in [2.45, 2.75) is 51.9 Å². The van der Waals surface area contributed by atoms with Crippen LogP contribution in [0, 0.1) is 27.7 Å². The molecule has 2 rings (SSSR count). The number of rotatable bonds is 5. The molecule has 1 aromatic carbocycles. The molecule has 1 amide bonds. The predicted octanol–water partition coefficient (Wildman–Crippen LogP) is 2.21. The number of hydrogen-bond donors (Lipinski definition) is 1. The number of nitrogens with zero attached hydrogens (tertiary/aromatic N) is 1. The van der Waals surface area contributed by atoms with Gasteiger partial charge in [-0.15, -0.1) is 0 Å². The Labute approximate surface area is 139 Å². The van der Waals surface area contributed by atoms with E-state index in [1.165, 1.54) is 0 Å². The van der Waals surface area contributed by atoms with Crippen molar-refractivity contribution < 1.29 is 13.2 Å². The SMILES string of the molecule is Cc1cc(C)c(C)c(S(=O)(=O)NCCC(=O)N2CCCC2)c1C. The zero-order valence-electron chi connectivity index (χ0n) is 14.4. The molecule has 1 saturated heterocycles. The van der Waals surface area contributed by atoms with E-state index in [4.69, 9.17) is 0 Å². The van der Waals surface area contributed by atoms with E-state index in [-0.39, 0.29) is 18.9 Å². The molecule has 1 N–H and O–H groups in total. The summed E-state index contributed by atoms with van der Waals surface area (Å²) < 4.78 is 27.9. The van der Waals surface area contributed by atoms with Crippen molar-refractivity contribution in [3.8, 4) is 0 Å². The first-order valence-electron chi connectivity index (χ1n) is 8.09. The zero-order chi connectivity index (χ0) is 17.2. The van der Waals surface area contributed by atoms with Gasteiger partial charge in [-0.1, -0.05) is 6.07 Å². The van der Waals surface area contributed by atoms with E-state index in [2.05, 4.69) is 4.72 Å². The third kappa shape index (κ3) is 3.93. The van der Waals surface area contributed by atoms with Gasteiger partial charge in [-0.2, -0.15) is 0 Å². The molecule has 0 aromatic heterocycles. The van der Waals surface area contributed by atoms with E-state index in [0.717, 1.165) is 48.2 Å². The lowest BCUT2D eigenvalue weighted by Crippen LogP contribution is -2.33. The molecule has 23 heavy (non-hydrogen) atoms. The fourth-order valence-electron chi connectivity index (χ4n) is 3.07. The summed E-state index contributed by atoms with van der Waals surface area (Å²) in [7, 11) is -3.61. The fraction of sp³-hybridized carbons (Fsp3) is 0.588. The van der Waals surface area contributed by atoms with Crippen LogP contribution in [0.1, 0.15) is 41.5 Å². The van der Waals surface area contributed by atoms with Gasteiger partial charge in [0.2, 0.25) is 15.9 Å². The van der Waals surface area contributed by atoms with Gasteiger partial charge in [0.1, 0.15) is 0 Å². The first-order valence-corrected chi connectivity index (χ1v) is 9.57. The Kier molecular flexibility index (Phi) is 5.47. The topological polar surface area (TPSA) is 66.5 Å². The third-order valence-electron chi connectivity index (χ3n) is 4.66. The number of nitrogens with one attached hydrogen (secondary N) is 1. The molecule has 128 valence electrons. The summed E-state index contributed by atoms with van der Waals surface area (Å²) in [5.41, 5.74) is 3.46. The van der Waals surface area contributed by atoms with Gasteiger partial charge in [0.05, 0.1) is 4.90 Å². The highest BCUT2D eigenvalue weighted by molar-refractivity contribution is 7.89. The lowest BCUT2D eigenvalue weighted by molar-refractivity contribution is -0.129. The summed E-state index contributed by atoms with van der Waals surface area (Å²) in [6, 6.07) is 2.00. The highest BCUT2D eigenvalue weighted by atomic mass is 32.2. The maximum atomic E-state index is 12.6. The van der Waals surface area contributed by atoms with E-state index < -0.39 is 10.0 Å². The van der Waals surface area contributed by atoms with Crippen molar-refractivity contribution in [2.75, 3.05) is 19.6 Å². The molecule has 0 radical (unpaired) electrons. The van der Waals surface area contributed by atoms with Crippen molar-refractivity contribution in [1.82, 2.24) is 9.62 Å². The molecule has 0 aliphatic carbocycles. The van der Waals surface area contributed by atoms with Crippen LogP contribution in [0.15, 0.2) is 11.0 Å². The number of carbonyl (C=O) groups excluding carboxylic acids is 1. The van der Waals surface area contributed by atoms with Crippen molar-refractivity contribution in [2.24, 2.45) is 0 Å². The highest BCUT2D eigenvalue weighted by Crippen LogP contribution is 2.25. The molecular formula is C17H26N2O3S. The Bertz CT molecular complexity index is 679. The fourth-order valence-corrected chi connectivity index (χ4v) is 4.72. The zero-order valence-corrected chi connectivity index (χ0v) is 15.2. The van der Waals surface area contributed by atoms with E-state index in [1.54, 1.807) is 0 Å². The Morgan fingerprint density at radius 2 is 1.61 bits per heavy atom. The maximum absolute atomic E-state index is 12.6. The van der Waals surface area contributed by atoms with Crippen LogP contribution in [0.25, 0.3) is 0 Å². The minimum absolute atomic E-state index is 0.0269. The molecule has 0 atom stereocenters. The molecule has 6 heteroatoms. The lowest BCUT2D eigenvalue weighted by atomic mass is 10.0. The standard InChI is InChI=1S/C17H26N2O3S/c1-12-11-13(2)15(4)17(14(12)3)23(21,22)18-8-7-16(20)19-9-5-6-10-19/h11,18H,5-10H2,1-4H3. The van der Waals surface area contributed by atoms with Crippen molar-refractivity contribution in [3.05, 3.63) is 28.3 Å². The molecule has 0 spiro atoms. The van der Waals surface area contributed by atoms with Crippen molar-refractivity contribution in [1.29, 1.82) is 0 Å². The summed E-state index contributed by atoms with van der Waals surface area (Å²) in [4.78, 5) is 14.2. The van der Waals surface area contributed by atoms with E-state index in [0.29, 0.717) is 4.90 Å². The summed E-state index contributed by atoms with van der Waals surface area (Å²) >= 11 is 0. The molecule has 5 nitrogen and oxygen atoms in total. The Morgan fingerprint density at radius 1 is 1.09 bits per heavy atom. The van der Waals surface area contributed by atoms with E-state index in [1.807, 2.05) is 38.7 Å². The number of likely N-dealkylation sites (tertiary alicyclic amines) is 1. The van der Waals surface area contributed by atoms with E-state index in [9.17, 15) is 13.2 Å². The molecule has 0 unspecified atom stereocenters. The monoisotopic (exact) mass is 338 g/mol. The van der Waals surface area contributed by atoms with E-state index >= 15 is 0 Å². The normalized spacial score (nSPS) is 15.2. The largest absolute Gasteiger partial charge is 0.343 e. The number of aryl methyl sites for hydroxylation is 2. The highest BCUT2D eigenvalue weighted by Gasteiger charge is 2.23. The minimum Gasteiger partial charge on any atom is -0.343 e. The van der Waals surface area contributed by atoms with Gasteiger partial charge in [0, 0.05) is 26.1 Å². The van der Waals surface area contributed by atoms with Gasteiger partial charge in [-0.3, -0.25) is 4.79 Å². The molecule has 1 aliphatic rings. The van der Waals surface area contributed by atoms with Crippen LogP contribution < -0.4 is 4.72 Å². The summed E-state index contributed by atoms with van der Waals surface area (Å²) in [6.07, 6.45) is 2.29. The number of amides is 1. The van der Waals surface area contributed by atoms with Crippen LogP contribution in [0.2, 0.25) is 0 Å². The van der Waals surface area contributed by atoms with Gasteiger partial charge in [0.25, 0.3) is 0 Å². The molecule has 0 bridgehead atoms. The minimum atomic E-state index is -3.61. The second-order valence-corrected chi connectivity index (χ2v) is 8.03. The summed E-state index contributed by atoms with van der Waals surface area (Å²) in [6.45, 7) is 9.21. The Balaban J connectivity index is 2.09. The van der Waals surface area contributed by atoms with Crippen LogP contribution in [0.5, 0.6) is 0 Å². The molecule has 1 aromatic rings. The van der Waals surface area contributed by atoms with Crippen LogP contribution in [-0.2, 0) is 14.8 Å². The average molecular weight is 338 g/mol. The van der Waals surface area contributed by atoms with Gasteiger partial charge in [-0.25, -0.2) is 13.1 Å². The van der Waals surface area contributed by atoms with Crippen LogP contribution in [0.4, 0.5) is 0 Å². The van der Waals surface area contributed by atoms with Gasteiger partial charge < -0.3 is 4.90 Å². The van der Waals surface area contributed by atoms with Crippen LogP contribution in [0.3, 0.4) is 0 Å². The van der Waals surface area contributed by atoms with Crippen molar-refractivity contribution in [3.63, 3.8) is 0 Å². The maximum Gasteiger partial charge on any atom is 0.241 e. The van der Waals surface area contributed by atoms with Gasteiger partial charge in [-0.05, 0) is 62.8 Å². The third-order valence-corrected chi connectivity index (χ3v) is 6.39. The summed E-state index contributed by atoms with van der Waals surface area (Å²) in [5.74, 6) is 0.0269. The Hall–Kier alpha value is -1.40. The van der Waals surface area contributed by atoms with Crippen LogP contribution >= 0.6 is 0 Å². The van der Waals surface area contributed by atoms with Gasteiger partial charge in [0.15, 0.2) is 0 Å².